The van der Waals surface area contributed by atoms with E-state index in [1.807, 2.05) is 0 Å². The highest BCUT2D eigenvalue weighted by Crippen LogP contribution is 2.33. The molecule has 2 aromatic heterocycles. The fourth-order valence-electron chi connectivity index (χ4n) is 4.13. The smallest absolute Gasteiger partial charge is 0.383 e. The molecular weight excluding hydrogens is 425 g/mol. The van der Waals surface area contributed by atoms with Gasteiger partial charge in [0, 0.05) is 29.3 Å². The Kier molecular flexibility index (Phi) is 4.98. The zero-order valence-corrected chi connectivity index (χ0v) is 16.9. The number of amides is 1. The number of nitrogen functional groups attached to an aromatic ring is 1. The number of nitrogens with two attached hydrogens (primary N) is 1. The van der Waals surface area contributed by atoms with Crippen LogP contribution < -0.4 is 5.73 Å². The predicted molar refractivity (Wildman–Crippen MR) is 108 cm³/mol. The number of carbonyl (C=O) groups excluding carboxylic acids is 1. The average Bonchev–Trinajstić information content (AvgIpc) is 3.29. The number of ether oxygens (including phenoxy) is 2. The summed E-state index contributed by atoms with van der Waals surface area (Å²) in [4.78, 5) is 23.4. The molecule has 10 heteroatoms. The van der Waals surface area contributed by atoms with Crippen molar-refractivity contribution in [1.29, 1.82) is 0 Å². The minimum Gasteiger partial charge on any atom is -0.383 e. The van der Waals surface area contributed by atoms with Crippen LogP contribution >= 0.6 is 0 Å². The van der Waals surface area contributed by atoms with E-state index >= 15 is 0 Å². The average molecular weight is 444 g/mol. The number of halogens is 3. The van der Waals surface area contributed by atoms with Crippen LogP contribution in [0.25, 0.3) is 10.9 Å². The van der Waals surface area contributed by atoms with Crippen molar-refractivity contribution in [3.63, 3.8) is 0 Å². The predicted octanol–water partition coefficient (Wildman–Crippen LogP) is 3.47. The summed E-state index contributed by atoms with van der Waals surface area (Å²) in [5.74, 6) is 0.164. The van der Waals surface area contributed by atoms with E-state index in [2.05, 4.69) is 9.97 Å². The third-order valence-electron chi connectivity index (χ3n) is 5.82. The van der Waals surface area contributed by atoms with Gasteiger partial charge in [0.25, 0.3) is 5.91 Å². The molecule has 5 rings (SSSR count). The second kappa shape index (κ2) is 7.72. The van der Waals surface area contributed by atoms with E-state index in [4.69, 9.17) is 15.2 Å². The van der Waals surface area contributed by atoms with Crippen molar-refractivity contribution in [3.05, 3.63) is 64.5 Å². The highest BCUT2D eigenvalue weighted by atomic mass is 19.4. The van der Waals surface area contributed by atoms with Crippen LogP contribution in [0.15, 0.2) is 36.5 Å². The lowest BCUT2D eigenvalue weighted by atomic mass is 10.0. The number of pyridine rings is 2. The maximum atomic E-state index is 13.4. The number of benzene rings is 1. The number of rotatable bonds is 2. The van der Waals surface area contributed by atoms with Gasteiger partial charge in [0.15, 0.2) is 0 Å². The standard InChI is InChI=1S/C22H19F3N4O3/c23-22(24,25)13-2-4-18(27-8-13)19-11-31-6-5-29(19)21(30)12-1-3-17-14(7-12)15-9-32-10-16(15)20(26)28-17/h1-4,7-8,19H,5-6,9-11H2,(H2,26,28)/t19-/m0/s1. The Morgan fingerprint density at radius 1 is 1.12 bits per heavy atom. The first-order valence-electron chi connectivity index (χ1n) is 10.0. The zero-order valence-electron chi connectivity index (χ0n) is 16.9. The van der Waals surface area contributed by atoms with Crippen molar-refractivity contribution < 1.29 is 27.4 Å². The lowest BCUT2D eigenvalue weighted by Gasteiger charge is -2.35. The van der Waals surface area contributed by atoms with Crippen LogP contribution in [0, 0.1) is 0 Å². The highest BCUT2D eigenvalue weighted by molar-refractivity contribution is 5.99. The molecule has 4 heterocycles. The third kappa shape index (κ3) is 3.55. The van der Waals surface area contributed by atoms with Crippen LogP contribution in [-0.2, 0) is 28.9 Å². The van der Waals surface area contributed by atoms with Crippen molar-refractivity contribution in [2.75, 3.05) is 25.5 Å². The highest BCUT2D eigenvalue weighted by Gasteiger charge is 2.34. The maximum Gasteiger partial charge on any atom is 0.417 e. The molecular formula is C22H19F3N4O3. The Labute approximate surface area is 181 Å². The fraction of sp³-hybridized carbons (Fsp3) is 0.318. The van der Waals surface area contributed by atoms with Crippen LogP contribution in [0.5, 0.6) is 0 Å². The molecule has 0 aliphatic carbocycles. The molecule has 1 atom stereocenters. The molecule has 2 aliphatic rings. The van der Waals surface area contributed by atoms with Gasteiger partial charge in [-0.15, -0.1) is 0 Å². The van der Waals surface area contributed by atoms with Gasteiger partial charge in [0.05, 0.1) is 49.2 Å². The molecule has 32 heavy (non-hydrogen) atoms. The van der Waals surface area contributed by atoms with E-state index in [1.54, 1.807) is 23.1 Å². The SMILES string of the molecule is Nc1nc2ccc(C(=O)N3CCOC[C@H]3c3ccc(C(F)(F)F)cn3)cc2c2c1COC2. The molecule has 0 saturated carbocycles. The Balaban J connectivity index is 1.48. The molecule has 1 fully saturated rings. The Morgan fingerprint density at radius 2 is 1.94 bits per heavy atom. The second-order valence-corrected chi connectivity index (χ2v) is 7.74. The monoisotopic (exact) mass is 444 g/mol. The summed E-state index contributed by atoms with van der Waals surface area (Å²) in [6.07, 6.45) is -3.70. The van der Waals surface area contributed by atoms with Crippen molar-refractivity contribution in [2.24, 2.45) is 0 Å². The molecule has 2 aliphatic heterocycles. The molecule has 2 N–H and O–H groups in total. The molecule has 1 saturated heterocycles. The summed E-state index contributed by atoms with van der Waals surface area (Å²) in [5, 5.41) is 0.801. The van der Waals surface area contributed by atoms with E-state index in [1.165, 1.54) is 6.07 Å². The molecule has 0 radical (unpaired) electrons. The van der Waals surface area contributed by atoms with E-state index in [-0.39, 0.29) is 12.5 Å². The lowest BCUT2D eigenvalue weighted by Crippen LogP contribution is -2.43. The Morgan fingerprint density at radius 3 is 2.69 bits per heavy atom. The van der Waals surface area contributed by atoms with Crippen LogP contribution in [0.3, 0.4) is 0 Å². The summed E-state index contributed by atoms with van der Waals surface area (Å²) >= 11 is 0. The summed E-state index contributed by atoms with van der Waals surface area (Å²) in [7, 11) is 0. The Hall–Kier alpha value is -3.24. The first-order valence-corrected chi connectivity index (χ1v) is 10.0. The van der Waals surface area contributed by atoms with E-state index in [9.17, 15) is 18.0 Å². The number of aromatic nitrogens is 2. The summed E-state index contributed by atoms with van der Waals surface area (Å²) < 4.78 is 49.7. The minimum absolute atomic E-state index is 0.152. The van der Waals surface area contributed by atoms with Crippen molar-refractivity contribution in [1.82, 2.24) is 14.9 Å². The van der Waals surface area contributed by atoms with E-state index in [0.717, 1.165) is 28.8 Å². The molecule has 166 valence electrons. The molecule has 0 bridgehead atoms. The summed E-state index contributed by atoms with van der Waals surface area (Å²) in [5.41, 5.74) is 8.39. The first kappa shape index (κ1) is 20.7. The van der Waals surface area contributed by atoms with Gasteiger partial charge in [-0.1, -0.05) is 0 Å². The summed E-state index contributed by atoms with van der Waals surface area (Å²) in [6.45, 7) is 1.56. The Bertz CT molecular complexity index is 1200. The molecule has 0 unspecified atom stereocenters. The number of fused-ring (bicyclic) bond motifs is 3. The normalized spacial score (nSPS) is 18.7. The second-order valence-electron chi connectivity index (χ2n) is 7.74. The van der Waals surface area contributed by atoms with Gasteiger partial charge >= 0.3 is 6.18 Å². The van der Waals surface area contributed by atoms with Gasteiger partial charge in [0.2, 0.25) is 0 Å². The number of anilines is 1. The third-order valence-corrected chi connectivity index (χ3v) is 5.82. The topological polar surface area (TPSA) is 90.6 Å². The van der Waals surface area contributed by atoms with Crippen molar-refractivity contribution in [2.45, 2.75) is 25.4 Å². The van der Waals surface area contributed by atoms with Crippen LogP contribution in [0.1, 0.15) is 38.8 Å². The maximum absolute atomic E-state index is 13.4. The van der Waals surface area contributed by atoms with Gasteiger partial charge in [-0.3, -0.25) is 9.78 Å². The molecule has 3 aromatic rings. The fourth-order valence-corrected chi connectivity index (χ4v) is 4.13. The van der Waals surface area contributed by atoms with Gasteiger partial charge in [-0.25, -0.2) is 4.98 Å². The summed E-state index contributed by atoms with van der Waals surface area (Å²) in [6, 6.07) is 6.85. The van der Waals surface area contributed by atoms with E-state index in [0.29, 0.717) is 49.0 Å². The largest absolute Gasteiger partial charge is 0.417 e. The minimum atomic E-state index is -4.48. The van der Waals surface area contributed by atoms with E-state index < -0.39 is 17.8 Å². The zero-order chi connectivity index (χ0) is 22.5. The molecule has 1 aromatic carbocycles. The number of alkyl halides is 3. The van der Waals surface area contributed by atoms with Gasteiger partial charge in [-0.2, -0.15) is 13.2 Å². The molecule has 7 nitrogen and oxygen atoms in total. The van der Waals surface area contributed by atoms with Crippen LogP contribution in [-0.4, -0.2) is 40.5 Å². The lowest BCUT2D eigenvalue weighted by molar-refractivity contribution is -0.137. The van der Waals surface area contributed by atoms with Gasteiger partial charge < -0.3 is 20.1 Å². The van der Waals surface area contributed by atoms with Gasteiger partial charge in [0.1, 0.15) is 5.82 Å². The van der Waals surface area contributed by atoms with Crippen molar-refractivity contribution in [3.8, 4) is 0 Å². The number of nitrogens with zero attached hydrogens (tertiary/aromatic N) is 3. The van der Waals surface area contributed by atoms with Crippen molar-refractivity contribution >= 4 is 22.6 Å². The quantitative estimate of drug-likeness (QED) is 0.651. The van der Waals surface area contributed by atoms with Crippen LogP contribution in [0.2, 0.25) is 0 Å². The number of morpholine rings is 1. The van der Waals surface area contributed by atoms with Gasteiger partial charge in [-0.05, 0) is 35.9 Å². The van der Waals surface area contributed by atoms with Crippen LogP contribution in [0.4, 0.5) is 19.0 Å². The number of hydrogen-bond donors (Lipinski definition) is 1. The number of carbonyl (C=O) groups is 1. The number of hydrogen-bond acceptors (Lipinski definition) is 6. The first-order chi connectivity index (χ1) is 15.3. The molecule has 0 spiro atoms. The molecule has 1 amide bonds.